The van der Waals surface area contributed by atoms with E-state index in [-0.39, 0.29) is 19.3 Å². The lowest BCUT2D eigenvalue weighted by molar-refractivity contribution is 0.263. The molecule has 2 aromatic heterocycles. The number of aromatic nitrogens is 2. The highest BCUT2D eigenvalue weighted by atomic mass is 16.3. The Balaban J connectivity index is 2.10. The zero-order valence-corrected chi connectivity index (χ0v) is 10.2. The van der Waals surface area contributed by atoms with Crippen molar-refractivity contribution in [2.45, 2.75) is 25.5 Å². The second kappa shape index (κ2) is 4.59. The maximum absolute atomic E-state index is 9.57. The number of imidazole rings is 1. The Bertz CT molecular complexity index is 552. The molecule has 2 aromatic rings. The van der Waals surface area contributed by atoms with Crippen LogP contribution in [0.25, 0.3) is 5.65 Å². The van der Waals surface area contributed by atoms with Gasteiger partial charge in [0, 0.05) is 12.7 Å². The van der Waals surface area contributed by atoms with E-state index in [0.717, 1.165) is 36.5 Å². The molecule has 1 unspecified atom stereocenters. The van der Waals surface area contributed by atoms with E-state index in [1.54, 1.807) is 0 Å². The Hall–Kier alpha value is -1.59. The van der Waals surface area contributed by atoms with Crippen LogP contribution >= 0.6 is 0 Å². The van der Waals surface area contributed by atoms with Crippen LogP contribution in [0.1, 0.15) is 18.5 Å². The van der Waals surface area contributed by atoms with E-state index in [1.165, 1.54) is 0 Å². The third-order valence-electron chi connectivity index (χ3n) is 3.62. The molecule has 0 spiro atoms. The van der Waals surface area contributed by atoms with Gasteiger partial charge >= 0.3 is 0 Å². The van der Waals surface area contributed by atoms with Crippen LogP contribution < -0.4 is 4.90 Å². The first kappa shape index (κ1) is 11.5. The molecule has 3 rings (SSSR count). The Kier molecular flexibility index (Phi) is 2.93. The minimum absolute atomic E-state index is 0.0465. The lowest BCUT2D eigenvalue weighted by Crippen LogP contribution is -2.33. The smallest absolute Gasteiger partial charge is 0.153 e. The van der Waals surface area contributed by atoms with Crippen molar-refractivity contribution < 1.29 is 10.2 Å². The van der Waals surface area contributed by atoms with Crippen molar-refractivity contribution in [2.75, 3.05) is 18.1 Å². The maximum atomic E-state index is 9.57. The summed E-state index contributed by atoms with van der Waals surface area (Å²) in [6, 6.07) is 5.90. The Labute approximate surface area is 105 Å². The Morgan fingerprint density at radius 2 is 2.22 bits per heavy atom. The number of rotatable bonds is 3. The summed E-state index contributed by atoms with van der Waals surface area (Å²) in [5.41, 5.74) is 1.63. The van der Waals surface area contributed by atoms with E-state index in [4.69, 9.17) is 0 Å². The van der Waals surface area contributed by atoms with Crippen molar-refractivity contribution >= 4 is 11.5 Å². The van der Waals surface area contributed by atoms with Gasteiger partial charge in [-0.15, -0.1) is 0 Å². The highest BCUT2D eigenvalue weighted by Gasteiger charge is 2.28. The fraction of sp³-hybridized carbons (Fsp3) is 0.462. The van der Waals surface area contributed by atoms with Crippen LogP contribution in [0.3, 0.4) is 0 Å². The van der Waals surface area contributed by atoms with Crippen LogP contribution in [0.4, 0.5) is 5.82 Å². The SMILES string of the molecule is OCc1c(N2CCCC2CO)nc2ccccn12. The molecule has 2 N–H and O–H groups in total. The number of hydrogen-bond donors (Lipinski definition) is 2. The molecule has 0 radical (unpaired) electrons. The molecule has 0 saturated carbocycles. The number of nitrogens with zero attached hydrogens (tertiary/aromatic N) is 3. The molecule has 1 saturated heterocycles. The van der Waals surface area contributed by atoms with Crippen molar-refractivity contribution in [2.24, 2.45) is 0 Å². The van der Waals surface area contributed by atoms with Crippen LogP contribution in [-0.4, -0.2) is 38.8 Å². The second-order valence-corrected chi connectivity index (χ2v) is 4.64. The minimum Gasteiger partial charge on any atom is -0.394 e. The molecule has 1 atom stereocenters. The van der Waals surface area contributed by atoms with Gasteiger partial charge in [0.2, 0.25) is 0 Å². The number of anilines is 1. The second-order valence-electron chi connectivity index (χ2n) is 4.64. The van der Waals surface area contributed by atoms with Crippen molar-refractivity contribution in [1.29, 1.82) is 0 Å². The van der Waals surface area contributed by atoms with E-state index in [9.17, 15) is 10.2 Å². The number of pyridine rings is 1. The fourth-order valence-corrected chi connectivity index (χ4v) is 2.72. The van der Waals surface area contributed by atoms with Crippen LogP contribution in [0.2, 0.25) is 0 Å². The number of hydrogen-bond acceptors (Lipinski definition) is 4. The van der Waals surface area contributed by atoms with Crippen molar-refractivity contribution in [3.63, 3.8) is 0 Å². The van der Waals surface area contributed by atoms with Crippen molar-refractivity contribution in [3.8, 4) is 0 Å². The lowest BCUT2D eigenvalue weighted by atomic mass is 10.2. The quantitative estimate of drug-likeness (QED) is 0.841. The molecule has 1 fully saturated rings. The molecule has 3 heterocycles. The van der Waals surface area contributed by atoms with E-state index < -0.39 is 0 Å². The van der Waals surface area contributed by atoms with Gasteiger partial charge in [0.1, 0.15) is 5.65 Å². The summed E-state index contributed by atoms with van der Waals surface area (Å²) in [6.07, 6.45) is 3.95. The minimum atomic E-state index is -0.0465. The molecular formula is C13H17N3O2. The van der Waals surface area contributed by atoms with E-state index in [0.29, 0.717) is 0 Å². The van der Waals surface area contributed by atoms with Gasteiger partial charge in [-0.2, -0.15) is 0 Å². The predicted octanol–water partition coefficient (Wildman–Crippen LogP) is 0.788. The molecule has 18 heavy (non-hydrogen) atoms. The first-order valence-electron chi connectivity index (χ1n) is 6.29. The van der Waals surface area contributed by atoms with Gasteiger partial charge in [-0.25, -0.2) is 4.98 Å². The van der Waals surface area contributed by atoms with E-state index >= 15 is 0 Å². The summed E-state index contributed by atoms with van der Waals surface area (Å²) in [4.78, 5) is 6.69. The Morgan fingerprint density at radius 3 is 3.00 bits per heavy atom. The van der Waals surface area contributed by atoms with Crippen LogP contribution in [0.15, 0.2) is 24.4 Å². The summed E-state index contributed by atoms with van der Waals surface area (Å²) < 4.78 is 1.90. The van der Waals surface area contributed by atoms with Gasteiger partial charge < -0.3 is 15.1 Å². The van der Waals surface area contributed by atoms with Crippen molar-refractivity contribution in [3.05, 3.63) is 30.1 Å². The monoisotopic (exact) mass is 247 g/mol. The number of fused-ring (bicyclic) bond motifs is 1. The molecule has 5 nitrogen and oxygen atoms in total. The van der Waals surface area contributed by atoms with Gasteiger partial charge in [-0.3, -0.25) is 4.40 Å². The molecule has 5 heteroatoms. The third kappa shape index (κ3) is 1.67. The van der Waals surface area contributed by atoms with E-state index in [1.807, 2.05) is 28.8 Å². The molecule has 1 aliphatic heterocycles. The average molecular weight is 247 g/mol. The molecular weight excluding hydrogens is 230 g/mol. The van der Waals surface area contributed by atoms with Crippen LogP contribution in [0.5, 0.6) is 0 Å². The highest BCUT2D eigenvalue weighted by molar-refractivity contribution is 5.56. The normalized spacial score (nSPS) is 19.9. The summed E-state index contributed by atoms with van der Waals surface area (Å²) >= 11 is 0. The molecule has 0 bridgehead atoms. The largest absolute Gasteiger partial charge is 0.394 e. The molecule has 0 amide bonds. The summed E-state index contributed by atoms with van der Waals surface area (Å²) in [5, 5.41) is 19.0. The lowest BCUT2D eigenvalue weighted by Gasteiger charge is -2.23. The summed E-state index contributed by atoms with van der Waals surface area (Å²) in [7, 11) is 0. The van der Waals surface area contributed by atoms with Crippen LogP contribution in [-0.2, 0) is 6.61 Å². The Morgan fingerprint density at radius 1 is 1.33 bits per heavy atom. The van der Waals surface area contributed by atoms with E-state index in [2.05, 4.69) is 9.88 Å². The topological polar surface area (TPSA) is 61.0 Å². The van der Waals surface area contributed by atoms with Gasteiger partial charge in [0.15, 0.2) is 5.82 Å². The number of aliphatic hydroxyl groups is 2. The third-order valence-corrected chi connectivity index (χ3v) is 3.62. The van der Waals surface area contributed by atoms with Gasteiger partial charge in [-0.05, 0) is 25.0 Å². The van der Waals surface area contributed by atoms with Crippen LogP contribution in [0, 0.1) is 0 Å². The predicted molar refractivity (Wildman–Crippen MR) is 68.6 cm³/mol. The standard InChI is InChI=1S/C13H17N3O2/c17-8-10-4-3-7-15(10)13-11(9-18)16-6-2-1-5-12(16)14-13/h1-2,5-6,10,17-18H,3-4,7-9H2. The fourth-order valence-electron chi connectivity index (χ4n) is 2.72. The summed E-state index contributed by atoms with van der Waals surface area (Å²) in [6.45, 7) is 0.982. The first-order chi connectivity index (χ1) is 8.85. The van der Waals surface area contributed by atoms with Gasteiger partial charge in [0.25, 0.3) is 0 Å². The molecule has 0 aromatic carbocycles. The number of aliphatic hydroxyl groups excluding tert-OH is 2. The first-order valence-corrected chi connectivity index (χ1v) is 6.29. The zero-order chi connectivity index (χ0) is 12.5. The maximum Gasteiger partial charge on any atom is 0.153 e. The molecule has 1 aliphatic rings. The highest BCUT2D eigenvalue weighted by Crippen LogP contribution is 2.28. The van der Waals surface area contributed by atoms with Gasteiger partial charge in [0.05, 0.1) is 24.9 Å². The summed E-state index contributed by atoms with van der Waals surface area (Å²) in [5.74, 6) is 0.806. The molecule has 0 aliphatic carbocycles. The average Bonchev–Trinajstić information content (AvgIpc) is 3.01. The zero-order valence-electron chi connectivity index (χ0n) is 10.2. The molecule has 96 valence electrons. The van der Waals surface area contributed by atoms with Crippen molar-refractivity contribution in [1.82, 2.24) is 9.38 Å². The van der Waals surface area contributed by atoms with Gasteiger partial charge in [-0.1, -0.05) is 6.07 Å².